The van der Waals surface area contributed by atoms with Crippen molar-refractivity contribution in [3.63, 3.8) is 0 Å². The van der Waals surface area contributed by atoms with Crippen LogP contribution in [0.2, 0.25) is 0 Å². The van der Waals surface area contributed by atoms with Crippen LogP contribution in [0, 0.1) is 5.41 Å². The molecule has 0 aromatic carbocycles. The number of nitrogens with zero attached hydrogens (tertiary/aromatic N) is 2. The molecule has 1 heterocycles. The maximum Gasteiger partial charge on any atom is 0.330 e. The van der Waals surface area contributed by atoms with Crippen molar-refractivity contribution < 1.29 is 0 Å². The van der Waals surface area contributed by atoms with Gasteiger partial charge in [-0.3, -0.25) is 9.36 Å². The van der Waals surface area contributed by atoms with E-state index in [9.17, 15) is 9.59 Å². The monoisotopic (exact) mass is 225 g/mol. The Morgan fingerprint density at radius 3 is 2.38 bits per heavy atom. The number of rotatable bonds is 2. The fourth-order valence-electron chi connectivity index (χ4n) is 1.40. The van der Waals surface area contributed by atoms with E-state index in [2.05, 4.69) is 20.8 Å². The second-order valence-corrected chi connectivity index (χ2v) is 5.25. The first kappa shape index (κ1) is 12.5. The third-order valence-electron chi connectivity index (χ3n) is 2.44. The minimum Gasteiger partial charge on any atom is -0.393 e. The number of anilines is 1. The van der Waals surface area contributed by atoms with Gasteiger partial charge >= 0.3 is 5.69 Å². The third-order valence-corrected chi connectivity index (χ3v) is 2.44. The standard InChI is InChI=1S/C11H19N3O2/c1-11(2,3)5-6-14-9(15)8(12)7-13(4)10(14)16/h7H,5-6,12H2,1-4H3. The van der Waals surface area contributed by atoms with Crippen LogP contribution in [0.1, 0.15) is 27.2 Å². The minimum atomic E-state index is -0.396. The summed E-state index contributed by atoms with van der Waals surface area (Å²) < 4.78 is 2.53. The minimum absolute atomic E-state index is 0.0784. The van der Waals surface area contributed by atoms with Gasteiger partial charge < -0.3 is 10.3 Å². The van der Waals surface area contributed by atoms with Gasteiger partial charge in [0.25, 0.3) is 5.56 Å². The van der Waals surface area contributed by atoms with Crippen molar-refractivity contribution in [2.75, 3.05) is 5.73 Å². The van der Waals surface area contributed by atoms with Gasteiger partial charge in [0.1, 0.15) is 5.69 Å². The summed E-state index contributed by atoms with van der Waals surface area (Å²) in [6.07, 6.45) is 2.11. The van der Waals surface area contributed by atoms with Crippen LogP contribution in [-0.4, -0.2) is 9.13 Å². The first-order valence-corrected chi connectivity index (χ1v) is 5.28. The Balaban J connectivity index is 3.14. The first-order chi connectivity index (χ1) is 7.22. The van der Waals surface area contributed by atoms with Crippen LogP contribution in [0.4, 0.5) is 5.69 Å². The maximum atomic E-state index is 11.7. The first-order valence-electron chi connectivity index (χ1n) is 5.28. The Labute approximate surface area is 94.5 Å². The van der Waals surface area contributed by atoms with Crippen molar-refractivity contribution in [1.29, 1.82) is 0 Å². The SMILES string of the molecule is Cn1cc(N)c(=O)n(CCC(C)(C)C)c1=O. The largest absolute Gasteiger partial charge is 0.393 e. The van der Waals surface area contributed by atoms with Gasteiger partial charge in [0.15, 0.2) is 0 Å². The lowest BCUT2D eigenvalue weighted by atomic mass is 9.92. The molecule has 0 aliphatic heterocycles. The van der Waals surface area contributed by atoms with E-state index >= 15 is 0 Å². The van der Waals surface area contributed by atoms with Gasteiger partial charge in [0.2, 0.25) is 0 Å². The summed E-state index contributed by atoms with van der Waals surface area (Å²) in [7, 11) is 1.59. The Morgan fingerprint density at radius 1 is 1.31 bits per heavy atom. The van der Waals surface area contributed by atoms with Gasteiger partial charge in [0, 0.05) is 19.8 Å². The third kappa shape index (κ3) is 2.74. The predicted octanol–water partition coefficient (Wildman–Crippen LogP) is 0.565. The molecule has 0 unspecified atom stereocenters. The van der Waals surface area contributed by atoms with Crippen LogP contribution < -0.4 is 17.0 Å². The number of nitrogens with two attached hydrogens (primary N) is 1. The van der Waals surface area contributed by atoms with Crippen LogP contribution in [0.3, 0.4) is 0 Å². The van der Waals surface area contributed by atoms with Crippen molar-refractivity contribution >= 4 is 5.69 Å². The molecule has 0 aliphatic rings. The highest BCUT2D eigenvalue weighted by atomic mass is 16.2. The molecular weight excluding hydrogens is 206 g/mol. The molecule has 1 aromatic heterocycles. The van der Waals surface area contributed by atoms with Crippen molar-refractivity contribution in [2.24, 2.45) is 12.5 Å². The van der Waals surface area contributed by atoms with E-state index in [4.69, 9.17) is 5.73 Å². The molecule has 90 valence electrons. The van der Waals surface area contributed by atoms with Gasteiger partial charge in [-0.15, -0.1) is 0 Å². The molecule has 0 spiro atoms. The number of hydrogen-bond donors (Lipinski definition) is 1. The number of hydrogen-bond acceptors (Lipinski definition) is 3. The van der Waals surface area contributed by atoms with E-state index in [1.807, 2.05) is 0 Å². The number of aryl methyl sites for hydroxylation is 1. The van der Waals surface area contributed by atoms with E-state index in [0.717, 1.165) is 6.42 Å². The lowest BCUT2D eigenvalue weighted by molar-refractivity contribution is 0.342. The zero-order valence-electron chi connectivity index (χ0n) is 10.3. The molecule has 0 fully saturated rings. The molecule has 0 aliphatic carbocycles. The highest BCUT2D eigenvalue weighted by molar-refractivity contribution is 5.30. The molecule has 16 heavy (non-hydrogen) atoms. The lowest BCUT2D eigenvalue weighted by Gasteiger charge is -2.18. The molecule has 5 nitrogen and oxygen atoms in total. The molecule has 0 saturated carbocycles. The summed E-state index contributed by atoms with van der Waals surface area (Å²) in [6.45, 7) is 6.60. The predicted molar refractivity (Wildman–Crippen MR) is 64.4 cm³/mol. The van der Waals surface area contributed by atoms with Crippen LogP contribution in [0.5, 0.6) is 0 Å². The second-order valence-electron chi connectivity index (χ2n) is 5.25. The van der Waals surface area contributed by atoms with E-state index in [0.29, 0.717) is 6.54 Å². The summed E-state index contributed by atoms with van der Waals surface area (Å²) in [5.41, 5.74) is 5.01. The van der Waals surface area contributed by atoms with Crippen LogP contribution >= 0.6 is 0 Å². The van der Waals surface area contributed by atoms with Crippen molar-refractivity contribution in [3.05, 3.63) is 27.0 Å². The van der Waals surface area contributed by atoms with Crippen molar-refractivity contribution in [1.82, 2.24) is 9.13 Å². The van der Waals surface area contributed by atoms with E-state index in [1.54, 1.807) is 7.05 Å². The quantitative estimate of drug-likeness (QED) is 0.799. The summed E-state index contributed by atoms with van der Waals surface area (Å²) in [4.78, 5) is 23.4. The van der Waals surface area contributed by atoms with Gasteiger partial charge in [0.05, 0.1) is 0 Å². The van der Waals surface area contributed by atoms with Gasteiger partial charge in [-0.05, 0) is 11.8 Å². The molecule has 0 atom stereocenters. The molecule has 1 aromatic rings. The molecule has 0 bridgehead atoms. The van der Waals surface area contributed by atoms with Gasteiger partial charge in [-0.1, -0.05) is 20.8 Å². The Bertz CT molecular complexity index is 457. The Hall–Kier alpha value is -1.52. The zero-order valence-corrected chi connectivity index (χ0v) is 10.3. The molecule has 5 heteroatoms. The Kier molecular flexibility index (Phi) is 3.26. The van der Waals surface area contributed by atoms with Gasteiger partial charge in [-0.2, -0.15) is 0 Å². The summed E-state index contributed by atoms with van der Waals surface area (Å²) >= 11 is 0. The van der Waals surface area contributed by atoms with E-state index < -0.39 is 5.56 Å². The van der Waals surface area contributed by atoms with Crippen LogP contribution in [0.15, 0.2) is 15.8 Å². The summed E-state index contributed by atoms with van der Waals surface area (Å²) in [6, 6.07) is 0. The van der Waals surface area contributed by atoms with Crippen LogP contribution in [0.25, 0.3) is 0 Å². The number of aromatic nitrogens is 2. The highest BCUT2D eigenvalue weighted by Crippen LogP contribution is 2.18. The molecular formula is C11H19N3O2. The summed E-state index contributed by atoms with van der Waals surface area (Å²) in [5.74, 6) is 0. The molecule has 1 rings (SSSR count). The van der Waals surface area contributed by atoms with Crippen molar-refractivity contribution in [2.45, 2.75) is 33.7 Å². The Morgan fingerprint density at radius 2 is 1.88 bits per heavy atom. The topological polar surface area (TPSA) is 70.0 Å². The normalized spacial score (nSPS) is 11.8. The lowest BCUT2D eigenvalue weighted by Crippen LogP contribution is -2.40. The zero-order chi connectivity index (χ0) is 12.5. The van der Waals surface area contributed by atoms with Gasteiger partial charge in [-0.25, -0.2) is 4.79 Å². The smallest absolute Gasteiger partial charge is 0.330 e. The molecule has 2 N–H and O–H groups in total. The highest BCUT2D eigenvalue weighted by Gasteiger charge is 2.13. The molecule has 0 amide bonds. The van der Waals surface area contributed by atoms with Crippen LogP contribution in [-0.2, 0) is 13.6 Å². The summed E-state index contributed by atoms with van der Waals surface area (Å²) in [5, 5.41) is 0. The molecule has 0 saturated heterocycles. The fraction of sp³-hybridized carbons (Fsp3) is 0.636. The van der Waals surface area contributed by atoms with Crippen molar-refractivity contribution in [3.8, 4) is 0 Å². The number of nitrogen functional groups attached to an aromatic ring is 1. The maximum absolute atomic E-state index is 11.7. The van der Waals surface area contributed by atoms with E-state index in [1.165, 1.54) is 15.3 Å². The second kappa shape index (κ2) is 4.15. The fourth-order valence-corrected chi connectivity index (χ4v) is 1.40. The van der Waals surface area contributed by atoms with E-state index in [-0.39, 0.29) is 16.8 Å². The average molecular weight is 225 g/mol. The average Bonchev–Trinajstić information content (AvgIpc) is 2.13. The molecule has 0 radical (unpaired) electrons.